The summed E-state index contributed by atoms with van der Waals surface area (Å²) in [5.74, 6) is -1.73. The molecule has 2 amide bonds. The van der Waals surface area contributed by atoms with Gasteiger partial charge in [-0.15, -0.1) is 11.3 Å². The first-order valence-electron chi connectivity index (χ1n) is 10.4. The number of benzene rings is 2. The number of H-pyrrole nitrogens is 1. The van der Waals surface area contributed by atoms with Crippen molar-refractivity contribution in [3.8, 4) is 6.07 Å². The summed E-state index contributed by atoms with van der Waals surface area (Å²) in [6.45, 7) is -0.558. The molecule has 0 spiro atoms. The van der Waals surface area contributed by atoms with E-state index in [-0.39, 0.29) is 6.42 Å². The topological polar surface area (TPSA) is 124 Å². The zero-order valence-electron chi connectivity index (χ0n) is 17.9. The molecule has 0 bridgehead atoms. The lowest BCUT2D eigenvalue weighted by atomic mass is 10.0. The van der Waals surface area contributed by atoms with Crippen molar-refractivity contribution in [3.05, 3.63) is 88.2 Å². The minimum absolute atomic E-state index is 0.179. The van der Waals surface area contributed by atoms with Gasteiger partial charge in [0.25, 0.3) is 11.8 Å². The summed E-state index contributed by atoms with van der Waals surface area (Å²) in [4.78, 5) is 41.5. The van der Waals surface area contributed by atoms with Gasteiger partial charge in [0.15, 0.2) is 6.61 Å². The number of thiophene rings is 1. The first-order chi connectivity index (χ1) is 16.5. The van der Waals surface area contributed by atoms with E-state index >= 15 is 0 Å². The van der Waals surface area contributed by atoms with Gasteiger partial charge in [0.05, 0.1) is 16.1 Å². The second kappa shape index (κ2) is 10.5. The quantitative estimate of drug-likeness (QED) is 0.338. The van der Waals surface area contributed by atoms with Crippen LogP contribution in [0.1, 0.15) is 20.8 Å². The zero-order valence-corrected chi connectivity index (χ0v) is 18.7. The van der Waals surface area contributed by atoms with Crippen molar-refractivity contribution in [2.45, 2.75) is 12.5 Å². The molecular formula is C25H20N4O4S. The molecule has 8 nitrogen and oxygen atoms in total. The summed E-state index contributed by atoms with van der Waals surface area (Å²) in [7, 11) is 0. The van der Waals surface area contributed by atoms with Crippen molar-refractivity contribution in [1.82, 2.24) is 10.3 Å². The number of carbonyl (C=O) groups is 3. The second-order valence-electron chi connectivity index (χ2n) is 7.38. The summed E-state index contributed by atoms with van der Waals surface area (Å²) in [6, 6.07) is 18.5. The monoisotopic (exact) mass is 472 g/mol. The number of hydrogen-bond donors (Lipinski definition) is 3. The molecule has 0 saturated carbocycles. The van der Waals surface area contributed by atoms with Crippen LogP contribution in [0.25, 0.3) is 10.9 Å². The van der Waals surface area contributed by atoms with E-state index < -0.39 is 30.4 Å². The molecule has 0 aliphatic rings. The lowest BCUT2D eigenvalue weighted by Gasteiger charge is -2.17. The van der Waals surface area contributed by atoms with Gasteiger partial charge < -0.3 is 20.4 Å². The number of fused-ring (bicyclic) bond motifs is 1. The Bertz CT molecular complexity index is 1370. The molecule has 2 aromatic carbocycles. The maximum absolute atomic E-state index is 12.9. The molecule has 34 heavy (non-hydrogen) atoms. The van der Waals surface area contributed by atoms with Crippen molar-refractivity contribution < 1.29 is 19.1 Å². The molecule has 9 heteroatoms. The number of hydrogen-bond acceptors (Lipinski definition) is 6. The number of nitriles is 1. The number of nitrogens with one attached hydrogen (secondary N) is 3. The highest BCUT2D eigenvalue weighted by molar-refractivity contribution is 7.12. The fraction of sp³-hybridized carbons (Fsp3) is 0.120. The van der Waals surface area contributed by atoms with Crippen LogP contribution in [0.3, 0.4) is 0 Å². The minimum atomic E-state index is -1.01. The molecule has 170 valence electrons. The summed E-state index contributed by atoms with van der Waals surface area (Å²) in [5.41, 5.74) is 2.36. The third-order valence-corrected chi connectivity index (χ3v) is 5.97. The number of rotatable bonds is 8. The van der Waals surface area contributed by atoms with Crippen molar-refractivity contribution in [2.24, 2.45) is 0 Å². The summed E-state index contributed by atoms with van der Waals surface area (Å²) < 4.78 is 5.24. The Morgan fingerprint density at radius 3 is 2.65 bits per heavy atom. The maximum Gasteiger partial charge on any atom is 0.329 e. The van der Waals surface area contributed by atoms with E-state index in [1.807, 2.05) is 30.3 Å². The van der Waals surface area contributed by atoms with Crippen LogP contribution in [0.15, 0.2) is 72.2 Å². The van der Waals surface area contributed by atoms with E-state index in [9.17, 15) is 14.4 Å². The van der Waals surface area contributed by atoms with Crippen LogP contribution in [0, 0.1) is 11.3 Å². The SMILES string of the molecule is N#Cc1ccccc1NC(=O)COC(=O)[C@@H](Cc1c[nH]c2ccccc12)NC(=O)c1cccs1. The van der Waals surface area contributed by atoms with Crippen LogP contribution in [0.5, 0.6) is 0 Å². The molecule has 0 aliphatic heterocycles. The van der Waals surface area contributed by atoms with Crippen LogP contribution < -0.4 is 10.6 Å². The van der Waals surface area contributed by atoms with E-state index in [4.69, 9.17) is 10.00 Å². The molecule has 0 fully saturated rings. The molecule has 0 saturated heterocycles. The van der Waals surface area contributed by atoms with Crippen molar-refractivity contribution in [2.75, 3.05) is 11.9 Å². The number of nitrogens with zero attached hydrogens (tertiary/aromatic N) is 1. The normalized spacial score (nSPS) is 11.4. The van der Waals surface area contributed by atoms with E-state index in [2.05, 4.69) is 15.6 Å². The molecule has 3 N–H and O–H groups in total. The number of amides is 2. The smallest absolute Gasteiger partial charge is 0.329 e. The van der Waals surface area contributed by atoms with Gasteiger partial charge in [0.1, 0.15) is 12.1 Å². The van der Waals surface area contributed by atoms with Crippen LogP contribution in [-0.2, 0) is 20.7 Å². The fourth-order valence-electron chi connectivity index (χ4n) is 3.46. The molecule has 2 aromatic heterocycles. The van der Waals surface area contributed by atoms with Gasteiger partial charge in [0, 0.05) is 23.5 Å². The van der Waals surface area contributed by atoms with Crippen LogP contribution >= 0.6 is 11.3 Å². The Balaban J connectivity index is 1.46. The molecule has 0 unspecified atom stereocenters. The molecular weight excluding hydrogens is 452 g/mol. The van der Waals surface area contributed by atoms with Crippen LogP contribution in [0.4, 0.5) is 5.69 Å². The number of esters is 1. The highest BCUT2D eigenvalue weighted by Gasteiger charge is 2.25. The van der Waals surface area contributed by atoms with Gasteiger partial charge in [0.2, 0.25) is 0 Å². The third-order valence-electron chi connectivity index (χ3n) is 5.10. The van der Waals surface area contributed by atoms with Gasteiger partial charge in [-0.1, -0.05) is 36.4 Å². The predicted octanol–water partition coefficient (Wildman–Crippen LogP) is 3.62. The number of ether oxygens (including phenoxy) is 1. The van der Waals surface area contributed by atoms with E-state index in [1.54, 1.807) is 48.0 Å². The van der Waals surface area contributed by atoms with Crippen LogP contribution in [-0.4, -0.2) is 35.4 Å². The van der Waals surface area contributed by atoms with E-state index in [0.29, 0.717) is 16.1 Å². The van der Waals surface area contributed by atoms with Crippen LogP contribution in [0.2, 0.25) is 0 Å². The van der Waals surface area contributed by atoms with Gasteiger partial charge in [-0.3, -0.25) is 9.59 Å². The zero-order chi connectivity index (χ0) is 23.9. The average molecular weight is 473 g/mol. The maximum atomic E-state index is 12.9. The molecule has 0 aliphatic carbocycles. The van der Waals surface area contributed by atoms with E-state index in [0.717, 1.165) is 16.5 Å². The van der Waals surface area contributed by atoms with Gasteiger partial charge >= 0.3 is 5.97 Å². The highest BCUT2D eigenvalue weighted by Crippen LogP contribution is 2.20. The Morgan fingerprint density at radius 1 is 1.06 bits per heavy atom. The van der Waals surface area contributed by atoms with Crippen molar-refractivity contribution >= 4 is 45.7 Å². The Labute approximate surface area is 199 Å². The van der Waals surface area contributed by atoms with E-state index in [1.165, 1.54) is 11.3 Å². The summed E-state index contributed by atoms with van der Waals surface area (Å²) in [5, 5.41) is 17.1. The standard InChI is InChI=1S/C25H20N4O4S/c26-13-16-6-1-3-8-19(16)28-23(30)15-33-25(32)21(29-24(31)22-10-5-11-34-22)12-17-14-27-20-9-4-2-7-18(17)20/h1-11,14,21,27H,12,15H2,(H,28,30)(H,29,31)/t21-/m1/s1. The largest absolute Gasteiger partial charge is 0.454 e. The molecule has 2 heterocycles. The summed E-state index contributed by atoms with van der Waals surface area (Å²) >= 11 is 1.26. The predicted molar refractivity (Wildman–Crippen MR) is 128 cm³/mol. The van der Waals surface area contributed by atoms with Gasteiger partial charge in [-0.25, -0.2) is 4.79 Å². The highest BCUT2D eigenvalue weighted by atomic mass is 32.1. The Morgan fingerprint density at radius 2 is 1.85 bits per heavy atom. The number of aromatic nitrogens is 1. The van der Waals surface area contributed by atoms with Crippen molar-refractivity contribution in [3.63, 3.8) is 0 Å². The molecule has 4 rings (SSSR count). The third kappa shape index (κ3) is 5.31. The Kier molecular flexibility index (Phi) is 7.01. The molecule has 1 atom stereocenters. The lowest BCUT2D eigenvalue weighted by molar-refractivity contribution is -0.149. The number of aromatic amines is 1. The first kappa shape index (κ1) is 22.8. The fourth-order valence-corrected chi connectivity index (χ4v) is 4.09. The average Bonchev–Trinajstić information content (AvgIpc) is 3.53. The number of anilines is 1. The number of carbonyl (C=O) groups excluding carboxylic acids is 3. The first-order valence-corrected chi connectivity index (χ1v) is 11.3. The minimum Gasteiger partial charge on any atom is -0.454 e. The number of para-hydroxylation sites is 2. The Hall–Kier alpha value is -4.42. The molecule has 4 aromatic rings. The van der Waals surface area contributed by atoms with Gasteiger partial charge in [-0.05, 0) is 35.2 Å². The molecule has 0 radical (unpaired) electrons. The van der Waals surface area contributed by atoms with Gasteiger partial charge in [-0.2, -0.15) is 5.26 Å². The van der Waals surface area contributed by atoms with Crippen molar-refractivity contribution in [1.29, 1.82) is 5.26 Å². The summed E-state index contributed by atoms with van der Waals surface area (Å²) in [6.07, 6.45) is 1.96. The lowest BCUT2D eigenvalue weighted by Crippen LogP contribution is -2.43. The second-order valence-corrected chi connectivity index (χ2v) is 8.33.